The molecule has 0 spiro atoms. The van der Waals surface area contributed by atoms with Crippen LogP contribution in [-0.2, 0) is 12.8 Å². The highest BCUT2D eigenvalue weighted by molar-refractivity contribution is 8.00. The Morgan fingerprint density at radius 3 is 2.75 bits per heavy atom. The predicted molar refractivity (Wildman–Crippen MR) is 68.8 cm³/mol. The molecule has 0 aliphatic rings. The summed E-state index contributed by atoms with van der Waals surface area (Å²) in [7, 11) is 1.97. The molecular formula is C10H14N4S2. The summed E-state index contributed by atoms with van der Waals surface area (Å²) in [5.41, 5.74) is 8.95. The maximum Gasteiger partial charge on any atom is 0.181 e. The number of aryl methyl sites for hydroxylation is 3. The Bertz CT molecular complexity index is 455. The number of anilines is 1. The topological polar surface area (TPSA) is 56.7 Å². The SMILES string of the molecule is Cc1cc(CSc2sc(N)nc2C)n(C)n1. The van der Waals surface area contributed by atoms with Gasteiger partial charge in [0.1, 0.15) is 0 Å². The Morgan fingerprint density at radius 1 is 1.50 bits per heavy atom. The largest absolute Gasteiger partial charge is 0.375 e. The molecular weight excluding hydrogens is 240 g/mol. The molecule has 0 saturated carbocycles. The summed E-state index contributed by atoms with van der Waals surface area (Å²) in [5, 5.41) is 4.96. The lowest BCUT2D eigenvalue weighted by Gasteiger charge is -2.00. The molecule has 0 aliphatic carbocycles. The van der Waals surface area contributed by atoms with Crippen LogP contribution in [0.2, 0.25) is 0 Å². The van der Waals surface area contributed by atoms with Crippen molar-refractivity contribution in [3.8, 4) is 0 Å². The fourth-order valence-corrected chi connectivity index (χ4v) is 3.51. The molecule has 0 bridgehead atoms. The van der Waals surface area contributed by atoms with Gasteiger partial charge in [0.15, 0.2) is 5.13 Å². The number of nitrogen functional groups attached to an aromatic ring is 1. The monoisotopic (exact) mass is 254 g/mol. The van der Waals surface area contributed by atoms with E-state index in [-0.39, 0.29) is 0 Å². The second kappa shape index (κ2) is 4.47. The highest BCUT2D eigenvalue weighted by Gasteiger charge is 2.08. The third-order valence-corrected chi connectivity index (χ3v) is 4.60. The minimum Gasteiger partial charge on any atom is -0.375 e. The first-order valence-corrected chi connectivity index (χ1v) is 6.71. The summed E-state index contributed by atoms with van der Waals surface area (Å²) < 4.78 is 3.11. The van der Waals surface area contributed by atoms with E-state index >= 15 is 0 Å². The highest BCUT2D eigenvalue weighted by Crippen LogP contribution is 2.32. The van der Waals surface area contributed by atoms with Gasteiger partial charge in [0.05, 0.1) is 15.6 Å². The molecule has 0 amide bonds. The van der Waals surface area contributed by atoms with Gasteiger partial charge in [-0.15, -0.1) is 11.8 Å². The van der Waals surface area contributed by atoms with E-state index in [1.807, 2.05) is 25.6 Å². The van der Waals surface area contributed by atoms with Gasteiger partial charge in [0.2, 0.25) is 0 Å². The van der Waals surface area contributed by atoms with Crippen molar-refractivity contribution >= 4 is 28.2 Å². The van der Waals surface area contributed by atoms with Crippen LogP contribution >= 0.6 is 23.1 Å². The molecule has 2 rings (SSSR count). The third-order valence-electron chi connectivity index (χ3n) is 2.22. The molecule has 0 aromatic carbocycles. The van der Waals surface area contributed by atoms with Crippen LogP contribution in [0.5, 0.6) is 0 Å². The van der Waals surface area contributed by atoms with Crippen molar-refractivity contribution in [3.63, 3.8) is 0 Å². The summed E-state index contributed by atoms with van der Waals surface area (Å²) in [6, 6.07) is 2.10. The fourth-order valence-electron chi connectivity index (χ4n) is 1.48. The van der Waals surface area contributed by atoms with Gasteiger partial charge in [-0.05, 0) is 19.9 Å². The summed E-state index contributed by atoms with van der Waals surface area (Å²) in [5.74, 6) is 0.903. The normalized spacial score (nSPS) is 10.9. The molecule has 0 radical (unpaired) electrons. The first-order valence-electron chi connectivity index (χ1n) is 4.91. The molecule has 6 heteroatoms. The Morgan fingerprint density at radius 2 is 2.25 bits per heavy atom. The number of nitrogens with two attached hydrogens (primary N) is 1. The molecule has 4 nitrogen and oxygen atoms in total. The lowest BCUT2D eigenvalue weighted by atomic mass is 10.4. The average Bonchev–Trinajstić information content (AvgIpc) is 2.66. The van der Waals surface area contributed by atoms with E-state index in [4.69, 9.17) is 5.73 Å². The van der Waals surface area contributed by atoms with Crippen molar-refractivity contribution in [2.45, 2.75) is 23.8 Å². The van der Waals surface area contributed by atoms with Crippen LogP contribution < -0.4 is 5.73 Å². The van der Waals surface area contributed by atoms with Gasteiger partial charge in [0.25, 0.3) is 0 Å². The van der Waals surface area contributed by atoms with Gasteiger partial charge >= 0.3 is 0 Å². The van der Waals surface area contributed by atoms with Crippen LogP contribution in [0.3, 0.4) is 0 Å². The number of hydrogen-bond donors (Lipinski definition) is 1. The lowest BCUT2D eigenvalue weighted by Crippen LogP contribution is -1.96. The smallest absolute Gasteiger partial charge is 0.181 e. The van der Waals surface area contributed by atoms with Crippen molar-refractivity contribution in [2.75, 3.05) is 5.73 Å². The van der Waals surface area contributed by atoms with E-state index in [0.29, 0.717) is 5.13 Å². The minimum absolute atomic E-state index is 0.640. The molecule has 0 aliphatic heterocycles. The van der Waals surface area contributed by atoms with E-state index in [1.54, 1.807) is 23.1 Å². The molecule has 0 saturated heterocycles. The van der Waals surface area contributed by atoms with Crippen LogP contribution in [0.25, 0.3) is 0 Å². The van der Waals surface area contributed by atoms with Gasteiger partial charge in [-0.1, -0.05) is 11.3 Å². The second-order valence-electron chi connectivity index (χ2n) is 3.61. The van der Waals surface area contributed by atoms with Crippen molar-refractivity contribution in [1.82, 2.24) is 14.8 Å². The highest BCUT2D eigenvalue weighted by atomic mass is 32.2. The molecule has 86 valence electrons. The van der Waals surface area contributed by atoms with Crippen molar-refractivity contribution in [3.05, 3.63) is 23.1 Å². The maximum atomic E-state index is 5.66. The van der Waals surface area contributed by atoms with E-state index in [2.05, 4.69) is 16.1 Å². The zero-order valence-corrected chi connectivity index (χ0v) is 11.2. The van der Waals surface area contributed by atoms with Gasteiger partial charge < -0.3 is 5.73 Å². The number of aromatic nitrogens is 3. The molecule has 2 N–H and O–H groups in total. The fraction of sp³-hybridized carbons (Fsp3) is 0.400. The molecule has 0 atom stereocenters. The van der Waals surface area contributed by atoms with Crippen LogP contribution in [-0.4, -0.2) is 14.8 Å². The molecule has 0 unspecified atom stereocenters. The zero-order valence-electron chi connectivity index (χ0n) is 9.52. The summed E-state index contributed by atoms with van der Waals surface area (Å²) in [6.45, 7) is 3.99. The molecule has 0 fully saturated rings. The Hall–Kier alpha value is -1.01. The molecule has 2 heterocycles. The standard InChI is InChI=1S/C10H14N4S2/c1-6-4-8(14(3)13-6)5-15-9-7(2)12-10(11)16-9/h4H,5H2,1-3H3,(H2,11,12). The van der Waals surface area contributed by atoms with E-state index in [0.717, 1.165) is 17.1 Å². The van der Waals surface area contributed by atoms with E-state index < -0.39 is 0 Å². The zero-order chi connectivity index (χ0) is 11.7. The summed E-state index contributed by atoms with van der Waals surface area (Å²) in [6.07, 6.45) is 0. The summed E-state index contributed by atoms with van der Waals surface area (Å²) >= 11 is 3.31. The van der Waals surface area contributed by atoms with Crippen molar-refractivity contribution < 1.29 is 0 Å². The Kier molecular flexibility index (Phi) is 3.20. The first kappa shape index (κ1) is 11.5. The second-order valence-corrected chi connectivity index (χ2v) is 5.89. The third kappa shape index (κ3) is 2.38. The minimum atomic E-state index is 0.640. The average molecular weight is 254 g/mol. The number of nitrogens with zero attached hydrogens (tertiary/aromatic N) is 3. The molecule has 2 aromatic rings. The predicted octanol–water partition coefficient (Wildman–Crippen LogP) is 2.37. The van der Waals surface area contributed by atoms with Gasteiger partial charge in [-0.25, -0.2) is 4.98 Å². The quantitative estimate of drug-likeness (QED) is 0.854. The first-order chi connectivity index (χ1) is 7.56. The Labute approximate surface area is 103 Å². The Balaban J connectivity index is 2.07. The summed E-state index contributed by atoms with van der Waals surface area (Å²) in [4.78, 5) is 4.20. The number of hydrogen-bond acceptors (Lipinski definition) is 5. The van der Waals surface area contributed by atoms with E-state index in [9.17, 15) is 0 Å². The van der Waals surface area contributed by atoms with Crippen LogP contribution in [0.15, 0.2) is 10.3 Å². The maximum absolute atomic E-state index is 5.66. The van der Waals surface area contributed by atoms with Crippen molar-refractivity contribution in [2.24, 2.45) is 7.05 Å². The molecule has 2 aromatic heterocycles. The number of rotatable bonds is 3. The van der Waals surface area contributed by atoms with Gasteiger partial charge in [-0.3, -0.25) is 4.68 Å². The lowest BCUT2D eigenvalue weighted by molar-refractivity contribution is 0.727. The van der Waals surface area contributed by atoms with Gasteiger partial charge in [-0.2, -0.15) is 5.10 Å². The van der Waals surface area contributed by atoms with Crippen molar-refractivity contribution in [1.29, 1.82) is 0 Å². The van der Waals surface area contributed by atoms with Crippen LogP contribution in [0.1, 0.15) is 17.1 Å². The number of thiazole rings is 1. The van der Waals surface area contributed by atoms with Crippen LogP contribution in [0, 0.1) is 13.8 Å². The number of thioether (sulfide) groups is 1. The molecule has 16 heavy (non-hydrogen) atoms. The van der Waals surface area contributed by atoms with E-state index in [1.165, 1.54) is 9.90 Å². The van der Waals surface area contributed by atoms with Gasteiger partial charge in [0, 0.05) is 18.5 Å². The van der Waals surface area contributed by atoms with Crippen LogP contribution in [0.4, 0.5) is 5.13 Å².